The lowest BCUT2D eigenvalue weighted by Crippen LogP contribution is -2.23. The lowest BCUT2D eigenvalue weighted by Gasteiger charge is -2.10. The zero-order valence-electron chi connectivity index (χ0n) is 9.01. The van der Waals surface area contributed by atoms with Crippen LogP contribution in [-0.4, -0.2) is 25.8 Å². The number of nitrogens with one attached hydrogen (secondary N) is 1. The Bertz CT molecular complexity index is 119. The van der Waals surface area contributed by atoms with Gasteiger partial charge in [-0.25, -0.2) is 0 Å². The van der Waals surface area contributed by atoms with Crippen LogP contribution in [0.3, 0.4) is 0 Å². The van der Waals surface area contributed by atoms with Crippen LogP contribution < -0.4 is 5.32 Å². The molecule has 0 aliphatic carbocycles. The maximum Gasteiger partial charge on any atom is 0.0480 e. The lowest BCUT2D eigenvalue weighted by molar-refractivity contribution is 0.116. The summed E-state index contributed by atoms with van der Waals surface area (Å²) in [5.41, 5.74) is 0. The van der Waals surface area contributed by atoms with Crippen LogP contribution in [0.5, 0.6) is 0 Å². The predicted molar refractivity (Wildman–Crippen MR) is 55.9 cm³/mol. The van der Waals surface area contributed by atoms with Gasteiger partial charge in [-0.15, -0.1) is 0 Å². The molecular weight excluding hydrogens is 162 g/mol. The molecule has 0 bridgehead atoms. The van der Waals surface area contributed by atoms with Crippen LogP contribution in [0.15, 0.2) is 0 Å². The second-order valence-electron chi connectivity index (χ2n) is 4.38. The molecule has 0 saturated carbocycles. The van der Waals surface area contributed by atoms with E-state index in [4.69, 9.17) is 4.74 Å². The van der Waals surface area contributed by atoms with Gasteiger partial charge in [-0.3, -0.25) is 0 Å². The van der Waals surface area contributed by atoms with Gasteiger partial charge in [0.2, 0.25) is 0 Å². The molecule has 1 heterocycles. The van der Waals surface area contributed by atoms with Crippen molar-refractivity contribution in [2.75, 3.05) is 19.8 Å². The number of rotatable bonds is 6. The third-order valence-electron chi connectivity index (χ3n) is 2.61. The minimum Gasteiger partial charge on any atom is -0.381 e. The number of ether oxygens (including phenoxy) is 1. The molecule has 78 valence electrons. The molecule has 0 amide bonds. The van der Waals surface area contributed by atoms with Gasteiger partial charge in [-0.1, -0.05) is 13.8 Å². The number of hydrogen-bond acceptors (Lipinski definition) is 2. The molecule has 1 aliphatic heterocycles. The summed E-state index contributed by atoms with van der Waals surface area (Å²) in [6.07, 6.45) is 5.07. The summed E-state index contributed by atoms with van der Waals surface area (Å²) in [6, 6.07) is 0.735. The Labute approximate surface area is 82.0 Å². The molecular formula is C11H23NO. The summed E-state index contributed by atoms with van der Waals surface area (Å²) < 4.78 is 5.57. The van der Waals surface area contributed by atoms with E-state index in [0.717, 1.165) is 25.2 Å². The van der Waals surface area contributed by atoms with Gasteiger partial charge in [0.25, 0.3) is 0 Å². The van der Waals surface area contributed by atoms with Crippen molar-refractivity contribution in [1.82, 2.24) is 5.32 Å². The first-order valence-corrected chi connectivity index (χ1v) is 5.60. The van der Waals surface area contributed by atoms with E-state index in [9.17, 15) is 0 Å². The van der Waals surface area contributed by atoms with E-state index in [-0.39, 0.29) is 0 Å². The van der Waals surface area contributed by atoms with Crippen molar-refractivity contribution in [3.05, 3.63) is 0 Å². The Kier molecular flexibility index (Phi) is 5.40. The van der Waals surface area contributed by atoms with Crippen LogP contribution in [0.25, 0.3) is 0 Å². The van der Waals surface area contributed by atoms with Crippen LogP contribution >= 0.6 is 0 Å². The summed E-state index contributed by atoms with van der Waals surface area (Å²) in [7, 11) is 0. The van der Waals surface area contributed by atoms with Crippen molar-refractivity contribution in [2.45, 2.75) is 45.6 Å². The molecule has 1 N–H and O–H groups in total. The quantitative estimate of drug-likeness (QED) is 0.640. The topological polar surface area (TPSA) is 21.3 Å². The standard InChI is InChI=1S/C11H23NO/c1-10(2)5-8-13-9-6-11-4-3-7-12-11/h10-12H,3-9H2,1-2H3. The van der Waals surface area contributed by atoms with Crippen LogP contribution in [-0.2, 0) is 4.74 Å². The first-order valence-electron chi connectivity index (χ1n) is 5.60. The van der Waals surface area contributed by atoms with Crippen molar-refractivity contribution in [3.8, 4) is 0 Å². The Morgan fingerprint density at radius 1 is 1.38 bits per heavy atom. The largest absolute Gasteiger partial charge is 0.381 e. The van der Waals surface area contributed by atoms with Crippen LogP contribution in [0.1, 0.15) is 39.5 Å². The molecule has 0 aromatic heterocycles. The normalized spacial score (nSPS) is 22.8. The fourth-order valence-corrected chi connectivity index (χ4v) is 1.65. The summed E-state index contributed by atoms with van der Waals surface area (Å²) in [5, 5.41) is 3.48. The monoisotopic (exact) mass is 185 g/mol. The molecule has 1 fully saturated rings. The molecule has 0 spiro atoms. The van der Waals surface area contributed by atoms with Crippen molar-refractivity contribution >= 4 is 0 Å². The highest BCUT2D eigenvalue weighted by atomic mass is 16.5. The molecule has 2 heteroatoms. The van der Waals surface area contributed by atoms with Crippen LogP contribution in [0.4, 0.5) is 0 Å². The van der Waals surface area contributed by atoms with Crippen molar-refractivity contribution < 1.29 is 4.74 Å². The molecule has 0 aromatic carbocycles. The maximum absolute atomic E-state index is 5.57. The van der Waals surface area contributed by atoms with E-state index in [0.29, 0.717) is 0 Å². The lowest BCUT2D eigenvalue weighted by atomic mass is 10.1. The zero-order valence-corrected chi connectivity index (χ0v) is 9.01. The third kappa shape index (κ3) is 5.27. The van der Waals surface area contributed by atoms with Crippen LogP contribution in [0.2, 0.25) is 0 Å². The van der Waals surface area contributed by atoms with Crippen LogP contribution in [0, 0.1) is 5.92 Å². The van der Waals surface area contributed by atoms with E-state index in [1.165, 1.54) is 32.2 Å². The van der Waals surface area contributed by atoms with E-state index in [1.54, 1.807) is 0 Å². The minimum absolute atomic E-state index is 0.735. The Hall–Kier alpha value is -0.0800. The molecule has 1 saturated heterocycles. The molecule has 13 heavy (non-hydrogen) atoms. The smallest absolute Gasteiger partial charge is 0.0480 e. The summed E-state index contributed by atoms with van der Waals surface area (Å²) in [6.45, 7) is 7.55. The Balaban J connectivity index is 1.83. The van der Waals surface area contributed by atoms with Gasteiger partial charge in [0.15, 0.2) is 0 Å². The van der Waals surface area contributed by atoms with Crippen molar-refractivity contribution in [3.63, 3.8) is 0 Å². The maximum atomic E-state index is 5.57. The van der Waals surface area contributed by atoms with Crippen molar-refractivity contribution in [2.24, 2.45) is 5.92 Å². The second kappa shape index (κ2) is 6.39. The molecule has 1 unspecified atom stereocenters. The molecule has 2 nitrogen and oxygen atoms in total. The predicted octanol–water partition coefficient (Wildman–Crippen LogP) is 2.19. The van der Waals surface area contributed by atoms with Gasteiger partial charge in [-0.05, 0) is 38.1 Å². The Morgan fingerprint density at radius 2 is 2.23 bits per heavy atom. The molecule has 0 aromatic rings. The van der Waals surface area contributed by atoms with Gasteiger partial charge in [0.1, 0.15) is 0 Å². The van der Waals surface area contributed by atoms with E-state index < -0.39 is 0 Å². The van der Waals surface area contributed by atoms with Gasteiger partial charge in [-0.2, -0.15) is 0 Å². The van der Waals surface area contributed by atoms with Gasteiger partial charge >= 0.3 is 0 Å². The van der Waals surface area contributed by atoms with Gasteiger partial charge in [0, 0.05) is 19.3 Å². The fraction of sp³-hybridized carbons (Fsp3) is 1.00. The summed E-state index contributed by atoms with van der Waals surface area (Å²) in [4.78, 5) is 0. The second-order valence-corrected chi connectivity index (χ2v) is 4.38. The van der Waals surface area contributed by atoms with Gasteiger partial charge < -0.3 is 10.1 Å². The Morgan fingerprint density at radius 3 is 2.85 bits per heavy atom. The molecule has 1 aliphatic rings. The first kappa shape index (κ1) is 11.0. The van der Waals surface area contributed by atoms with Gasteiger partial charge in [0.05, 0.1) is 0 Å². The zero-order chi connectivity index (χ0) is 9.52. The highest BCUT2D eigenvalue weighted by molar-refractivity contribution is 4.73. The fourth-order valence-electron chi connectivity index (χ4n) is 1.65. The average molecular weight is 185 g/mol. The first-order chi connectivity index (χ1) is 6.29. The average Bonchev–Trinajstić information content (AvgIpc) is 2.55. The summed E-state index contributed by atoms with van der Waals surface area (Å²) >= 11 is 0. The molecule has 1 rings (SSSR count). The highest BCUT2D eigenvalue weighted by Gasteiger charge is 2.12. The highest BCUT2D eigenvalue weighted by Crippen LogP contribution is 2.08. The third-order valence-corrected chi connectivity index (χ3v) is 2.61. The minimum atomic E-state index is 0.735. The summed E-state index contributed by atoms with van der Waals surface area (Å²) in [5.74, 6) is 0.768. The van der Waals surface area contributed by atoms with E-state index in [1.807, 2.05) is 0 Å². The SMILES string of the molecule is CC(C)CCOCCC1CCCN1. The molecule has 0 radical (unpaired) electrons. The van der Waals surface area contributed by atoms with E-state index in [2.05, 4.69) is 19.2 Å². The van der Waals surface area contributed by atoms with E-state index >= 15 is 0 Å². The molecule has 1 atom stereocenters. The van der Waals surface area contributed by atoms with Crippen molar-refractivity contribution in [1.29, 1.82) is 0 Å². The number of hydrogen-bond donors (Lipinski definition) is 1.